The maximum Gasteiger partial charge on any atom is 0.0517 e. The number of unbranched alkanes of at least 4 members (excludes halogenated alkanes) is 2. The highest BCUT2D eigenvalue weighted by Gasteiger charge is 2.18. The minimum atomic E-state index is 0.463. The Morgan fingerprint density at radius 3 is 2.62 bits per heavy atom. The van der Waals surface area contributed by atoms with Crippen LogP contribution >= 0.6 is 0 Å². The van der Waals surface area contributed by atoms with E-state index >= 15 is 0 Å². The van der Waals surface area contributed by atoms with Crippen molar-refractivity contribution in [1.29, 1.82) is 0 Å². The van der Waals surface area contributed by atoms with Crippen LogP contribution in [0.2, 0.25) is 0 Å². The molecule has 0 unspecified atom stereocenters. The first kappa shape index (κ1) is 14.2. The quantitative estimate of drug-likeness (QED) is 0.711. The second-order valence-electron chi connectivity index (χ2n) is 6.09. The number of rotatable bonds is 5. The van der Waals surface area contributed by atoms with Crippen LogP contribution in [0.4, 0.5) is 5.69 Å². The molecule has 2 aromatic carbocycles. The molecule has 0 amide bonds. The monoisotopic (exact) mass is 279 g/mol. The van der Waals surface area contributed by atoms with Crippen LogP contribution in [0, 0.1) is 0 Å². The Kier molecular flexibility index (Phi) is 4.59. The largest absolute Gasteiger partial charge is 0.378 e. The summed E-state index contributed by atoms with van der Waals surface area (Å²) in [5.41, 5.74) is 5.65. The van der Waals surface area contributed by atoms with Gasteiger partial charge in [-0.3, -0.25) is 0 Å². The fraction of sp³-hybridized carbons (Fsp3) is 0.400. The summed E-state index contributed by atoms with van der Waals surface area (Å²) < 4.78 is 0. The summed E-state index contributed by atoms with van der Waals surface area (Å²) in [4.78, 5) is 0. The molecular weight excluding hydrogens is 254 g/mol. The average Bonchev–Trinajstić information content (AvgIpc) is 2.55. The summed E-state index contributed by atoms with van der Waals surface area (Å²) >= 11 is 0. The van der Waals surface area contributed by atoms with Gasteiger partial charge in [0.05, 0.1) is 6.04 Å². The van der Waals surface area contributed by atoms with Crippen LogP contribution in [0.25, 0.3) is 0 Å². The molecule has 0 spiro atoms. The van der Waals surface area contributed by atoms with E-state index in [4.69, 9.17) is 0 Å². The highest BCUT2D eigenvalue weighted by molar-refractivity contribution is 5.54. The van der Waals surface area contributed by atoms with Crippen LogP contribution in [0.3, 0.4) is 0 Å². The predicted octanol–water partition coefficient (Wildman–Crippen LogP) is 5.52. The number of hydrogen-bond donors (Lipinski definition) is 1. The first-order valence-corrected chi connectivity index (χ1v) is 8.30. The summed E-state index contributed by atoms with van der Waals surface area (Å²) in [6.07, 6.45) is 7.52. The molecule has 110 valence electrons. The molecule has 1 nitrogen and oxygen atoms in total. The molecule has 21 heavy (non-hydrogen) atoms. The third kappa shape index (κ3) is 3.47. The molecule has 1 aliphatic heterocycles. The van der Waals surface area contributed by atoms with Gasteiger partial charge in [0.15, 0.2) is 0 Å². The third-order valence-electron chi connectivity index (χ3n) is 4.50. The first-order valence-electron chi connectivity index (χ1n) is 8.30. The number of para-hydroxylation sites is 1. The smallest absolute Gasteiger partial charge is 0.0517 e. The van der Waals surface area contributed by atoms with E-state index in [1.807, 2.05) is 0 Å². The topological polar surface area (TPSA) is 12.0 Å². The van der Waals surface area contributed by atoms with Gasteiger partial charge in [0.25, 0.3) is 0 Å². The zero-order chi connectivity index (χ0) is 14.5. The molecule has 2 aromatic rings. The van der Waals surface area contributed by atoms with Crippen molar-refractivity contribution in [2.45, 2.75) is 51.5 Å². The summed E-state index contributed by atoms with van der Waals surface area (Å²) in [7, 11) is 0. The van der Waals surface area contributed by atoms with Gasteiger partial charge in [-0.25, -0.2) is 0 Å². The number of fused-ring (bicyclic) bond motifs is 1. The molecule has 0 saturated heterocycles. The van der Waals surface area contributed by atoms with Crippen LogP contribution in [-0.4, -0.2) is 0 Å². The summed E-state index contributed by atoms with van der Waals surface area (Å²) in [5, 5.41) is 3.69. The van der Waals surface area contributed by atoms with Gasteiger partial charge in [0.1, 0.15) is 0 Å². The van der Waals surface area contributed by atoms with Crippen LogP contribution in [-0.2, 0) is 12.8 Å². The van der Waals surface area contributed by atoms with Gasteiger partial charge < -0.3 is 5.32 Å². The molecule has 0 aliphatic carbocycles. The lowest BCUT2D eigenvalue weighted by molar-refractivity contribution is 0.667. The lowest BCUT2D eigenvalue weighted by Gasteiger charge is -2.27. The normalized spacial score (nSPS) is 17.1. The molecule has 1 N–H and O–H groups in total. The van der Waals surface area contributed by atoms with Gasteiger partial charge in [-0.05, 0) is 48.4 Å². The number of anilines is 1. The standard InChI is InChI=1S/C20H25N/c1-2-3-4-7-16-10-12-18(13-11-16)20-15-14-17-8-5-6-9-19(17)21-20/h5-6,8-13,20-21H,2-4,7,14-15H2,1H3/t20-/m0/s1. The summed E-state index contributed by atoms with van der Waals surface area (Å²) in [6, 6.07) is 18.4. The molecule has 0 aromatic heterocycles. The van der Waals surface area contributed by atoms with Crippen molar-refractivity contribution in [3.05, 3.63) is 65.2 Å². The van der Waals surface area contributed by atoms with Crippen LogP contribution in [0.5, 0.6) is 0 Å². The van der Waals surface area contributed by atoms with E-state index in [1.54, 1.807) is 0 Å². The van der Waals surface area contributed by atoms with Gasteiger partial charge in [-0.15, -0.1) is 0 Å². The van der Waals surface area contributed by atoms with Gasteiger partial charge in [-0.1, -0.05) is 62.2 Å². The Bertz CT molecular complexity index is 571. The minimum Gasteiger partial charge on any atom is -0.378 e. The van der Waals surface area contributed by atoms with Crippen molar-refractivity contribution in [1.82, 2.24) is 0 Å². The molecule has 0 bridgehead atoms. The van der Waals surface area contributed by atoms with Crippen LogP contribution in [0.1, 0.15) is 55.3 Å². The van der Waals surface area contributed by atoms with E-state index in [1.165, 1.54) is 60.9 Å². The van der Waals surface area contributed by atoms with Crippen molar-refractivity contribution >= 4 is 5.69 Å². The molecule has 1 aliphatic rings. The van der Waals surface area contributed by atoms with E-state index in [2.05, 4.69) is 60.8 Å². The highest BCUT2D eigenvalue weighted by Crippen LogP contribution is 2.32. The van der Waals surface area contributed by atoms with Gasteiger partial charge in [0, 0.05) is 5.69 Å². The minimum absolute atomic E-state index is 0.463. The molecule has 0 radical (unpaired) electrons. The molecule has 1 heterocycles. The second-order valence-corrected chi connectivity index (χ2v) is 6.09. The van der Waals surface area contributed by atoms with E-state index in [9.17, 15) is 0 Å². The Balaban J connectivity index is 1.65. The van der Waals surface area contributed by atoms with Crippen molar-refractivity contribution in [3.63, 3.8) is 0 Å². The lowest BCUT2D eigenvalue weighted by Crippen LogP contribution is -2.17. The number of hydrogen-bond acceptors (Lipinski definition) is 1. The Hall–Kier alpha value is -1.76. The number of nitrogens with one attached hydrogen (secondary N) is 1. The Morgan fingerprint density at radius 2 is 1.81 bits per heavy atom. The van der Waals surface area contributed by atoms with Crippen molar-refractivity contribution in [3.8, 4) is 0 Å². The fourth-order valence-corrected chi connectivity index (χ4v) is 3.18. The lowest BCUT2D eigenvalue weighted by atomic mass is 9.92. The van der Waals surface area contributed by atoms with E-state index in [0.29, 0.717) is 6.04 Å². The maximum absolute atomic E-state index is 3.69. The molecule has 1 atom stereocenters. The summed E-state index contributed by atoms with van der Waals surface area (Å²) in [5.74, 6) is 0. The third-order valence-corrected chi connectivity index (χ3v) is 4.50. The van der Waals surface area contributed by atoms with Gasteiger partial charge in [-0.2, -0.15) is 0 Å². The molecule has 1 heteroatoms. The number of benzene rings is 2. The van der Waals surface area contributed by atoms with Crippen LogP contribution in [0.15, 0.2) is 48.5 Å². The van der Waals surface area contributed by atoms with Crippen molar-refractivity contribution in [2.24, 2.45) is 0 Å². The van der Waals surface area contributed by atoms with Crippen LogP contribution < -0.4 is 5.32 Å². The maximum atomic E-state index is 3.69. The van der Waals surface area contributed by atoms with E-state index in [0.717, 1.165) is 0 Å². The van der Waals surface area contributed by atoms with Crippen molar-refractivity contribution < 1.29 is 0 Å². The van der Waals surface area contributed by atoms with Gasteiger partial charge in [0.2, 0.25) is 0 Å². The summed E-state index contributed by atoms with van der Waals surface area (Å²) in [6.45, 7) is 2.26. The second kappa shape index (κ2) is 6.80. The van der Waals surface area contributed by atoms with Gasteiger partial charge >= 0.3 is 0 Å². The zero-order valence-electron chi connectivity index (χ0n) is 12.9. The highest BCUT2D eigenvalue weighted by atomic mass is 14.9. The predicted molar refractivity (Wildman–Crippen MR) is 90.8 cm³/mol. The molecule has 0 saturated carbocycles. The number of aryl methyl sites for hydroxylation is 2. The zero-order valence-corrected chi connectivity index (χ0v) is 12.9. The van der Waals surface area contributed by atoms with E-state index in [-0.39, 0.29) is 0 Å². The van der Waals surface area contributed by atoms with Crippen molar-refractivity contribution in [2.75, 3.05) is 5.32 Å². The molecular formula is C20H25N. The Labute approximate surface area is 128 Å². The fourth-order valence-electron chi connectivity index (χ4n) is 3.18. The molecule has 0 fully saturated rings. The average molecular weight is 279 g/mol. The SMILES string of the molecule is CCCCCc1ccc([C@@H]2CCc3ccccc3N2)cc1. The Morgan fingerprint density at radius 1 is 1.00 bits per heavy atom. The molecule has 3 rings (SSSR count). The first-order chi connectivity index (χ1) is 10.4. The van der Waals surface area contributed by atoms with E-state index < -0.39 is 0 Å².